The fourth-order valence-corrected chi connectivity index (χ4v) is 12.8. The molecule has 3 nitrogen and oxygen atoms in total. The summed E-state index contributed by atoms with van der Waals surface area (Å²) in [5.41, 5.74) is 21.5. The number of nitrogens with zero attached hydrogens (tertiary/aromatic N) is 1. The van der Waals surface area contributed by atoms with E-state index in [1.165, 1.54) is 103 Å². The second kappa shape index (κ2) is 13.8. The number of hydrogen-bond acceptors (Lipinski definition) is 3. The summed E-state index contributed by atoms with van der Waals surface area (Å²) in [6.45, 7) is 25.6. The summed E-state index contributed by atoms with van der Waals surface area (Å²) in [5, 5.41) is 11.4. The Bertz CT molecular complexity index is 3990. The number of thiophene rings is 1. The molecule has 0 amide bonds. The second-order valence-electron chi connectivity index (χ2n) is 23.3. The summed E-state index contributed by atoms with van der Waals surface area (Å²) in [5.74, 6) is 0. The van der Waals surface area contributed by atoms with Crippen molar-refractivity contribution in [3.05, 3.63) is 161 Å². The molecule has 0 atom stereocenters. The third kappa shape index (κ3) is 5.90. The predicted octanol–water partition coefficient (Wildman–Crippen LogP) is 16.6. The summed E-state index contributed by atoms with van der Waals surface area (Å²) >= 11 is 1.88. The van der Waals surface area contributed by atoms with E-state index >= 15 is 0 Å². The molecule has 2 aliphatic rings. The number of aromatic nitrogens is 1. The molecule has 1 radical (unpaired) electrons. The maximum absolute atomic E-state index is 7.28. The molecule has 8 aromatic carbocycles. The standard InChI is InChI=1S/C63H56BN2OS/c1-60(2,3)34-20-24-37(25-21-34)65-48-32-46-41(38-26-22-36(62(7,8)9)29-45(38)63(46,10)11)30-43(48)54-55-40-17-12-14-18-51(40)67-59(55)56-44-28-35(61(4,5)6)23-27-49(44)66-50-33-53-42(31-47(50)64-57(54)58(56)66)39-16-13-15-19-52(39)68-53/h12-33,65H,1-11H3. The third-order valence-corrected chi connectivity index (χ3v) is 16.6. The van der Waals surface area contributed by atoms with E-state index < -0.39 is 0 Å². The molecule has 1 N–H and O–H groups in total. The molecule has 333 valence electrons. The molecule has 11 aromatic rings. The maximum Gasteiger partial charge on any atom is 0.197 e. The van der Waals surface area contributed by atoms with Crippen molar-refractivity contribution in [3.8, 4) is 27.9 Å². The molecule has 68 heavy (non-hydrogen) atoms. The van der Waals surface area contributed by atoms with Gasteiger partial charge in [-0.1, -0.05) is 160 Å². The highest BCUT2D eigenvalue weighted by Crippen LogP contribution is 2.55. The van der Waals surface area contributed by atoms with Gasteiger partial charge in [0, 0.05) is 59.0 Å². The molecular formula is C63H56BN2OS. The van der Waals surface area contributed by atoms with Gasteiger partial charge in [-0.3, -0.25) is 0 Å². The lowest BCUT2D eigenvalue weighted by molar-refractivity contribution is 0.584. The van der Waals surface area contributed by atoms with E-state index in [1.54, 1.807) is 0 Å². The number of fused-ring (bicyclic) bond motifs is 15. The number of benzene rings is 8. The molecule has 0 unspecified atom stereocenters. The van der Waals surface area contributed by atoms with Gasteiger partial charge in [0.1, 0.15) is 11.2 Å². The molecule has 3 aromatic heterocycles. The van der Waals surface area contributed by atoms with Crippen LogP contribution in [0.15, 0.2) is 138 Å². The van der Waals surface area contributed by atoms with Crippen LogP contribution in [0.25, 0.3) is 91.9 Å². The first-order chi connectivity index (χ1) is 32.3. The largest absolute Gasteiger partial charge is 0.455 e. The molecule has 0 bridgehead atoms. The van der Waals surface area contributed by atoms with Gasteiger partial charge < -0.3 is 14.3 Å². The lowest BCUT2D eigenvalue weighted by Crippen LogP contribution is -2.37. The predicted molar refractivity (Wildman–Crippen MR) is 295 cm³/mol. The number of hydrogen-bond donors (Lipinski definition) is 1. The minimum Gasteiger partial charge on any atom is -0.455 e. The maximum atomic E-state index is 7.28. The van der Waals surface area contributed by atoms with Crippen LogP contribution in [0.4, 0.5) is 11.4 Å². The molecule has 0 spiro atoms. The van der Waals surface area contributed by atoms with Crippen molar-refractivity contribution in [2.75, 3.05) is 5.32 Å². The van der Waals surface area contributed by atoms with Crippen LogP contribution >= 0.6 is 11.3 Å². The SMILES string of the molecule is CC(C)(C)c1ccc(Nc2cc3c(cc2-c2c4c5c(c6cc(C(C)(C)C)ccc6n5-c5cc6sc7ccccc7c6cc5[B]4)c4oc5ccccc5c24)-c2ccc(C(C)(C)C)cc2C3(C)C)cc1. The van der Waals surface area contributed by atoms with Gasteiger partial charge in [-0.2, -0.15) is 0 Å². The smallest absolute Gasteiger partial charge is 0.197 e. The summed E-state index contributed by atoms with van der Waals surface area (Å²) in [6, 6.07) is 50.9. The first-order valence-electron chi connectivity index (χ1n) is 24.3. The van der Waals surface area contributed by atoms with Crippen LogP contribution in [0.1, 0.15) is 104 Å². The summed E-state index contributed by atoms with van der Waals surface area (Å²) < 4.78 is 12.5. The van der Waals surface area contributed by atoms with Crippen LogP contribution in [0, 0.1) is 0 Å². The molecule has 4 heterocycles. The molecule has 0 fully saturated rings. The van der Waals surface area contributed by atoms with Gasteiger partial charge in [0.25, 0.3) is 0 Å². The highest BCUT2D eigenvalue weighted by molar-refractivity contribution is 7.25. The average molecular weight is 900 g/mol. The van der Waals surface area contributed by atoms with Crippen molar-refractivity contribution < 1.29 is 4.42 Å². The van der Waals surface area contributed by atoms with Crippen molar-refractivity contribution >= 4 is 105 Å². The van der Waals surface area contributed by atoms with Gasteiger partial charge >= 0.3 is 0 Å². The summed E-state index contributed by atoms with van der Waals surface area (Å²) in [4.78, 5) is 0. The first-order valence-corrected chi connectivity index (χ1v) is 25.1. The number of para-hydroxylation sites is 1. The molecule has 5 heteroatoms. The minimum absolute atomic E-state index is 0.0299. The lowest BCUT2D eigenvalue weighted by Gasteiger charge is -2.27. The van der Waals surface area contributed by atoms with Crippen LogP contribution in [-0.4, -0.2) is 11.8 Å². The highest BCUT2D eigenvalue weighted by atomic mass is 32.1. The molecule has 1 aliphatic heterocycles. The average Bonchev–Trinajstić information content (AvgIpc) is 4.02. The zero-order valence-corrected chi connectivity index (χ0v) is 41.9. The van der Waals surface area contributed by atoms with E-state index in [4.69, 9.17) is 4.42 Å². The van der Waals surface area contributed by atoms with Crippen LogP contribution in [-0.2, 0) is 21.7 Å². The Labute approximate surface area is 404 Å². The normalized spacial score (nSPS) is 14.3. The van der Waals surface area contributed by atoms with Crippen LogP contribution < -0.4 is 16.2 Å². The van der Waals surface area contributed by atoms with Crippen molar-refractivity contribution in [1.82, 2.24) is 4.57 Å². The van der Waals surface area contributed by atoms with Crippen molar-refractivity contribution in [2.45, 2.75) is 97.8 Å². The van der Waals surface area contributed by atoms with Gasteiger partial charge in [0.2, 0.25) is 0 Å². The fraction of sp³-hybridized carbons (Fsp3) is 0.238. The number of furan rings is 1. The Morgan fingerprint density at radius 3 is 1.97 bits per heavy atom. The molecular weight excluding hydrogens is 844 g/mol. The van der Waals surface area contributed by atoms with Gasteiger partial charge in [-0.15, -0.1) is 11.3 Å². The molecule has 13 rings (SSSR count). The Balaban J connectivity index is 1.19. The Hall–Kier alpha value is -6.56. The van der Waals surface area contributed by atoms with E-state index in [9.17, 15) is 0 Å². The molecule has 0 saturated carbocycles. The zero-order valence-electron chi connectivity index (χ0n) is 41.0. The van der Waals surface area contributed by atoms with Crippen LogP contribution in [0.3, 0.4) is 0 Å². The summed E-state index contributed by atoms with van der Waals surface area (Å²) in [7, 11) is 2.51. The fourth-order valence-electron chi connectivity index (χ4n) is 11.6. The monoisotopic (exact) mass is 899 g/mol. The molecule has 0 saturated heterocycles. The van der Waals surface area contributed by atoms with Gasteiger partial charge in [-0.05, 0) is 126 Å². The Morgan fingerprint density at radius 1 is 0.559 bits per heavy atom. The second-order valence-corrected chi connectivity index (χ2v) is 24.4. The minimum atomic E-state index is -0.218. The van der Waals surface area contributed by atoms with Crippen molar-refractivity contribution in [3.63, 3.8) is 0 Å². The van der Waals surface area contributed by atoms with Gasteiger partial charge in [-0.25, -0.2) is 0 Å². The first kappa shape index (κ1) is 41.6. The number of nitrogens with one attached hydrogen (secondary N) is 1. The van der Waals surface area contributed by atoms with E-state index in [0.29, 0.717) is 0 Å². The molecule has 1 aliphatic carbocycles. The third-order valence-electron chi connectivity index (χ3n) is 15.5. The van der Waals surface area contributed by atoms with E-state index in [2.05, 4.69) is 227 Å². The Kier molecular flexibility index (Phi) is 8.44. The van der Waals surface area contributed by atoms with Gasteiger partial charge in [0.05, 0.1) is 16.4 Å². The van der Waals surface area contributed by atoms with Crippen molar-refractivity contribution in [2.24, 2.45) is 0 Å². The number of rotatable bonds is 3. The topological polar surface area (TPSA) is 30.1 Å². The van der Waals surface area contributed by atoms with E-state index in [1.807, 2.05) is 11.3 Å². The van der Waals surface area contributed by atoms with Crippen LogP contribution in [0.5, 0.6) is 0 Å². The van der Waals surface area contributed by atoms with Crippen molar-refractivity contribution in [1.29, 1.82) is 0 Å². The van der Waals surface area contributed by atoms with Gasteiger partial charge in [0.15, 0.2) is 7.28 Å². The lowest BCUT2D eigenvalue weighted by atomic mass is 9.58. The van der Waals surface area contributed by atoms with E-state index in [-0.39, 0.29) is 21.7 Å². The van der Waals surface area contributed by atoms with Crippen LogP contribution in [0.2, 0.25) is 0 Å². The summed E-state index contributed by atoms with van der Waals surface area (Å²) in [6.07, 6.45) is 0. The zero-order chi connectivity index (χ0) is 47.0. The van der Waals surface area contributed by atoms with E-state index in [0.717, 1.165) is 38.9 Å². The quantitative estimate of drug-likeness (QED) is 0.179. The highest BCUT2D eigenvalue weighted by Gasteiger charge is 2.39. The Morgan fingerprint density at radius 2 is 1.22 bits per heavy atom. The number of anilines is 2.